The van der Waals surface area contributed by atoms with Crippen molar-refractivity contribution in [2.45, 2.75) is 17.1 Å². The van der Waals surface area contributed by atoms with Crippen LogP contribution in [0, 0.1) is 0 Å². The van der Waals surface area contributed by atoms with E-state index in [4.69, 9.17) is 16.3 Å². The number of carbonyl (C=O) groups is 4. The number of hydrogen-bond acceptors (Lipinski definition) is 6. The van der Waals surface area contributed by atoms with Crippen LogP contribution in [0.2, 0.25) is 5.02 Å². The lowest BCUT2D eigenvalue weighted by Crippen LogP contribution is -2.30. The highest BCUT2D eigenvalue weighted by atomic mass is 35.5. The number of benzene rings is 5. The highest BCUT2D eigenvalue weighted by Crippen LogP contribution is 2.38. The van der Waals surface area contributed by atoms with Crippen LogP contribution >= 0.6 is 23.4 Å². The Labute approximate surface area is 298 Å². The second-order valence-electron chi connectivity index (χ2n) is 10.8. The summed E-state index contributed by atoms with van der Waals surface area (Å²) < 4.78 is 5.52. The van der Waals surface area contributed by atoms with Crippen LogP contribution in [0.15, 0.2) is 138 Å². The van der Waals surface area contributed by atoms with E-state index in [0.717, 1.165) is 0 Å². The van der Waals surface area contributed by atoms with E-state index < -0.39 is 28.9 Å². The highest BCUT2D eigenvalue weighted by molar-refractivity contribution is 8.00. The first kappa shape index (κ1) is 35.5. The van der Waals surface area contributed by atoms with Gasteiger partial charge in [-0.05, 0) is 84.8 Å². The lowest BCUT2D eigenvalue weighted by atomic mass is 10.1. The van der Waals surface area contributed by atoms with Crippen LogP contribution in [0.4, 0.5) is 11.4 Å². The molecule has 0 spiro atoms. The van der Waals surface area contributed by atoms with Crippen molar-refractivity contribution in [2.24, 2.45) is 0 Å². The zero-order valence-electron chi connectivity index (χ0n) is 26.8. The average molecular weight is 706 g/mol. The number of carbonyl (C=O) groups excluding carboxylic acids is 3. The highest BCUT2D eigenvalue weighted by Gasteiger charge is 2.24. The Morgan fingerprint density at radius 2 is 1.50 bits per heavy atom. The minimum absolute atomic E-state index is 0.0167. The normalized spacial score (nSPS) is 11.6. The molecule has 0 aliphatic carbocycles. The van der Waals surface area contributed by atoms with Gasteiger partial charge in [0.25, 0.3) is 11.8 Å². The van der Waals surface area contributed by atoms with Crippen LogP contribution in [0.5, 0.6) is 5.75 Å². The third-order valence-electron chi connectivity index (χ3n) is 7.19. The van der Waals surface area contributed by atoms with Gasteiger partial charge in [0, 0.05) is 16.1 Å². The molecule has 5 rings (SSSR count). The molecule has 1 atom stereocenters. The average Bonchev–Trinajstić information content (AvgIpc) is 3.13. The molecule has 3 amide bonds. The molecule has 0 aliphatic heterocycles. The number of carboxylic acids is 1. The zero-order valence-corrected chi connectivity index (χ0v) is 28.3. The summed E-state index contributed by atoms with van der Waals surface area (Å²) in [6.45, 7) is 2.40. The van der Waals surface area contributed by atoms with Crippen molar-refractivity contribution >= 4 is 64.5 Å². The molecule has 0 saturated carbocycles. The molecule has 5 aromatic rings. The molecule has 0 aromatic heterocycles. The van der Waals surface area contributed by atoms with Gasteiger partial charge >= 0.3 is 5.97 Å². The van der Waals surface area contributed by atoms with Gasteiger partial charge in [0.1, 0.15) is 16.7 Å². The minimum atomic E-state index is -1.15. The van der Waals surface area contributed by atoms with Crippen molar-refractivity contribution in [3.05, 3.63) is 160 Å². The first-order chi connectivity index (χ1) is 24.2. The van der Waals surface area contributed by atoms with Gasteiger partial charge in [0.05, 0.1) is 22.9 Å². The monoisotopic (exact) mass is 705 g/mol. The molecule has 4 N–H and O–H groups in total. The van der Waals surface area contributed by atoms with Gasteiger partial charge in [0.2, 0.25) is 5.91 Å². The summed E-state index contributed by atoms with van der Waals surface area (Å²) in [5.74, 6) is -1.91. The predicted molar refractivity (Wildman–Crippen MR) is 197 cm³/mol. The Kier molecular flexibility index (Phi) is 12.1. The maximum atomic E-state index is 13.7. The van der Waals surface area contributed by atoms with E-state index in [-0.39, 0.29) is 22.0 Å². The number of nitrogens with one attached hydrogen (secondary N) is 3. The molecule has 0 bridgehead atoms. The van der Waals surface area contributed by atoms with Gasteiger partial charge in [-0.1, -0.05) is 78.3 Å². The number of ether oxygens (including phenoxy) is 1. The number of anilines is 2. The van der Waals surface area contributed by atoms with Gasteiger partial charge in [0.15, 0.2) is 0 Å². The molecule has 5 aromatic carbocycles. The van der Waals surface area contributed by atoms with Crippen molar-refractivity contribution in [3.63, 3.8) is 0 Å². The Morgan fingerprint density at radius 1 is 0.800 bits per heavy atom. The standard InChI is InChI=1S/C39H32ClN3O6S/c1-2-49-30-19-16-25(17-20-30)22-34(43-36(44)27-12-7-4-8-13-27)37(45)41-29-14-9-15-31(24-29)50-35(26-10-5-3-6-11-26)38(46)42-33-23-28(39(47)48)18-21-32(33)40/h3-24,35H,2H2,1H3,(H,41,45)(H,42,46)(H,43,44)(H,47,48)/b34-22+. The number of carboxylic acid groups (broad SMARTS) is 1. The summed E-state index contributed by atoms with van der Waals surface area (Å²) >= 11 is 7.53. The third-order valence-corrected chi connectivity index (χ3v) is 8.77. The van der Waals surface area contributed by atoms with Crippen molar-refractivity contribution in [1.29, 1.82) is 0 Å². The van der Waals surface area contributed by atoms with Crippen molar-refractivity contribution < 1.29 is 29.0 Å². The van der Waals surface area contributed by atoms with Crippen molar-refractivity contribution in [2.75, 3.05) is 17.2 Å². The molecule has 0 heterocycles. The molecule has 0 fully saturated rings. The molecule has 0 radical (unpaired) electrons. The number of hydrogen-bond donors (Lipinski definition) is 4. The number of amides is 3. The topological polar surface area (TPSA) is 134 Å². The molecule has 0 aliphatic rings. The summed E-state index contributed by atoms with van der Waals surface area (Å²) in [6, 6.07) is 35.8. The Morgan fingerprint density at radius 3 is 2.18 bits per heavy atom. The van der Waals surface area contributed by atoms with Crippen LogP contribution in [0.1, 0.15) is 44.0 Å². The van der Waals surface area contributed by atoms with Gasteiger partial charge < -0.3 is 25.8 Å². The van der Waals surface area contributed by atoms with Gasteiger partial charge in [-0.15, -0.1) is 11.8 Å². The SMILES string of the molecule is CCOc1ccc(/C=C(/NC(=O)c2ccccc2)C(=O)Nc2cccc(SC(C(=O)Nc3cc(C(=O)O)ccc3Cl)c3ccccc3)c2)cc1. The Balaban J connectivity index is 1.39. The number of rotatable bonds is 13. The van der Waals surface area contributed by atoms with Gasteiger partial charge in [-0.3, -0.25) is 14.4 Å². The van der Waals surface area contributed by atoms with E-state index in [1.807, 2.05) is 37.3 Å². The fourth-order valence-corrected chi connectivity index (χ4v) is 6.02. The van der Waals surface area contributed by atoms with Crippen molar-refractivity contribution in [3.8, 4) is 5.75 Å². The second kappa shape index (κ2) is 17.0. The minimum Gasteiger partial charge on any atom is -0.494 e. The molecule has 0 saturated heterocycles. The van der Waals surface area contributed by atoms with E-state index >= 15 is 0 Å². The van der Waals surface area contributed by atoms with Crippen LogP contribution in [0.25, 0.3) is 6.08 Å². The van der Waals surface area contributed by atoms with E-state index in [1.54, 1.807) is 84.9 Å². The predicted octanol–water partition coefficient (Wildman–Crippen LogP) is 8.32. The fraction of sp³-hybridized carbons (Fsp3) is 0.0769. The second-order valence-corrected chi connectivity index (χ2v) is 12.3. The van der Waals surface area contributed by atoms with Crippen LogP contribution in [-0.4, -0.2) is 35.4 Å². The number of halogens is 1. The first-order valence-corrected chi connectivity index (χ1v) is 16.7. The molecule has 11 heteroatoms. The summed E-state index contributed by atoms with van der Waals surface area (Å²) in [7, 11) is 0. The maximum absolute atomic E-state index is 13.7. The molecule has 252 valence electrons. The zero-order chi connectivity index (χ0) is 35.5. The number of thioether (sulfide) groups is 1. The molecule has 1 unspecified atom stereocenters. The van der Waals surface area contributed by atoms with Crippen LogP contribution in [-0.2, 0) is 9.59 Å². The fourth-order valence-electron chi connectivity index (χ4n) is 4.77. The largest absolute Gasteiger partial charge is 0.494 e. The van der Waals surface area contributed by atoms with Crippen LogP contribution in [0.3, 0.4) is 0 Å². The van der Waals surface area contributed by atoms with Gasteiger partial charge in [-0.2, -0.15) is 0 Å². The van der Waals surface area contributed by atoms with E-state index in [2.05, 4.69) is 16.0 Å². The number of aromatic carboxylic acids is 1. The van der Waals surface area contributed by atoms with Gasteiger partial charge in [-0.25, -0.2) is 4.79 Å². The molecule has 9 nitrogen and oxygen atoms in total. The third kappa shape index (κ3) is 9.62. The lowest BCUT2D eigenvalue weighted by Gasteiger charge is -2.18. The van der Waals surface area contributed by atoms with E-state index in [9.17, 15) is 24.3 Å². The molecule has 50 heavy (non-hydrogen) atoms. The van der Waals surface area contributed by atoms with Crippen LogP contribution < -0.4 is 20.7 Å². The summed E-state index contributed by atoms with van der Waals surface area (Å²) in [5, 5.41) is 17.2. The summed E-state index contributed by atoms with van der Waals surface area (Å²) in [6.07, 6.45) is 1.57. The Bertz CT molecular complexity index is 2020. The quantitative estimate of drug-likeness (QED) is 0.0715. The molecular formula is C39H32ClN3O6S. The van der Waals surface area contributed by atoms with E-state index in [1.165, 1.54) is 30.0 Å². The smallest absolute Gasteiger partial charge is 0.335 e. The summed E-state index contributed by atoms with van der Waals surface area (Å²) in [5.41, 5.74) is 2.34. The first-order valence-electron chi connectivity index (χ1n) is 15.5. The van der Waals surface area contributed by atoms with E-state index in [0.29, 0.717) is 39.6 Å². The maximum Gasteiger partial charge on any atom is 0.335 e. The summed E-state index contributed by atoms with van der Waals surface area (Å²) in [4.78, 5) is 52.6. The molecular weight excluding hydrogens is 674 g/mol. The lowest BCUT2D eigenvalue weighted by molar-refractivity contribution is -0.116. The van der Waals surface area contributed by atoms with Crippen molar-refractivity contribution in [1.82, 2.24) is 5.32 Å². The Hall–Kier alpha value is -5.84.